The van der Waals surface area contributed by atoms with Gasteiger partial charge in [-0.3, -0.25) is 9.59 Å². The minimum Gasteiger partial charge on any atom is -0.618 e. The van der Waals surface area contributed by atoms with Crippen LogP contribution in [-0.2, 0) is 5.75 Å². The van der Waals surface area contributed by atoms with Crippen molar-refractivity contribution in [2.24, 2.45) is 0 Å². The molecule has 0 aliphatic rings. The number of carbonyl (C=O) groups excluding carboxylic acids is 1. The third kappa shape index (κ3) is 3.16. The summed E-state index contributed by atoms with van der Waals surface area (Å²) in [4.78, 5) is 23.1. The fraction of sp³-hybridized carbons (Fsp3) is 0.0625. The number of aromatic nitrogens is 1. The number of fused-ring (bicyclic) bond motifs is 1. The fourth-order valence-electron chi connectivity index (χ4n) is 2.15. The highest BCUT2D eigenvalue weighted by molar-refractivity contribution is 9.10. The second-order valence-corrected chi connectivity index (χ2v) is 6.64. The predicted molar refractivity (Wildman–Crippen MR) is 90.5 cm³/mol. The molecule has 0 saturated carbocycles. The van der Waals surface area contributed by atoms with Crippen LogP contribution in [0.2, 0.25) is 0 Å². The van der Waals surface area contributed by atoms with E-state index in [1.165, 1.54) is 18.0 Å². The zero-order valence-corrected chi connectivity index (χ0v) is 14.1. The first-order chi connectivity index (χ1) is 11.1. The first-order valence-corrected chi connectivity index (χ1v) is 8.38. The van der Waals surface area contributed by atoms with Gasteiger partial charge < -0.3 is 9.62 Å². The Morgan fingerprint density at radius 1 is 1.35 bits per heavy atom. The molecule has 0 atom stereocenters. The van der Waals surface area contributed by atoms with E-state index in [1.807, 2.05) is 6.07 Å². The van der Waals surface area contributed by atoms with Crippen molar-refractivity contribution < 1.29 is 13.9 Å². The number of nitrogens with zero attached hydrogens (tertiary/aromatic N) is 1. The van der Waals surface area contributed by atoms with Crippen LogP contribution in [0.15, 0.2) is 61.5 Å². The van der Waals surface area contributed by atoms with E-state index in [2.05, 4.69) is 15.9 Å². The molecule has 0 amide bonds. The van der Waals surface area contributed by atoms with Gasteiger partial charge in [0, 0.05) is 27.9 Å². The minimum atomic E-state index is -0.368. The van der Waals surface area contributed by atoms with Gasteiger partial charge in [-0.1, -0.05) is 27.7 Å². The monoisotopic (exact) mass is 391 g/mol. The van der Waals surface area contributed by atoms with Gasteiger partial charge >= 0.3 is 0 Å². The first-order valence-electron chi connectivity index (χ1n) is 6.60. The minimum absolute atomic E-state index is 0.0188. The van der Waals surface area contributed by atoms with Crippen LogP contribution >= 0.6 is 27.7 Å². The average molecular weight is 392 g/mol. The summed E-state index contributed by atoms with van der Waals surface area (Å²) in [7, 11) is 0. The fourth-order valence-corrected chi connectivity index (χ4v) is 3.54. The number of rotatable bonds is 4. The number of carbonyl (C=O) groups is 1. The van der Waals surface area contributed by atoms with Gasteiger partial charge in [-0.25, -0.2) is 0 Å². The molecular weight excluding hydrogens is 382 g/mol. The molecule has 0 aliphatic carbocycles. The molecule has 116 valence electrons. The summed E-state index contributed by atoms with van der Waals surface area (Å²) in [5, 5.41) is 12.6. The van der Waals surface area contributed by atoms with Crippen molar-refractivity contribution in [3.05, 3.63) is 73.8 Å². The SMILES string of the molecule is O=Cc1coc2c(CSc3cccc[n+]3[O-])cc(Br)cc2c1=O. The van der Waals surface area contributed by atoms with Gasteiger partial charge in [0.15, 0.2) is 12.5 Å². The number of hydrogen-bond donors (Lipinski definition) is 0. The highest BCUT2D eigenvalue weighted by atomic mass is 79.9. The number of hydrogen-bond acceptors (Lipinski definition) is 5. The molecule has 7 heteroatoms. The maximum atomic E-state index is 12.2. The third-order valence-electron chi connectivity index (χ3n) is 3.23. The van der Waals surface area contributed by atoms with Gasteiger partial charge in [0.1, 0.15) is 11.8 Å². The van der Waals surface area contributed by atoms with Crippen molar-refractivity contribution in [1.29, 1.82) is 0 Å². The topological polar surface area (TPSA) is 74.2 Å². The second-order valence-electron chi connectivity index (χ2n) is 4.73. The van der Waals surface area contributed by atoms with E-state index in [-0.39, 0.29) is 11.0 Å². The summed E-state index contributed by atoms with van der Waals surface area (Å²) in [5.41, 5.74) is 0.796. The molecule has 0 aliphatic heterocycles. The smallest absolute Gasteiger partial charge is 0.251 e. The van der Waals surface area contributed by atoms with Crippen LogP contribution in [0.3, 0.4) is 0 Å². The van der Waals surface area contributed by atoms with Crippen LogP contribution in [0.4, 0.5) is 0 Å². The summed E-state index contributed by atoms with van der Waals surface area (Å²) in [6, 6.07) is 8.62. The number of thioether (sulfide) groups is 1. The molecule has 0 spiro atoms. The molecule has 1 aromatic carbocycles. The predicted octanol–water partition coefficient (Wildman–Crippen LogP) is 3.29. The van der Waals surface area contributed by atoms with Crippen LogP contribution in [0.1, 0.15) is 15.9 Å². The molecule has 0 N–H and O–H groups in total. The molecular formula is C16H10BrNO4S. The van der Waals surface area contributed by atoms with Crippen LogP contribution in [0, 0.1) is 5.21 Å². The van der Waals surface area contributed by atoms with Crippen molar-refractivity contribution >= 4 is 44.9 Å². The lowest BCUT2D eigenvalue weighted by Gasteiger charge is -2.07. The normalized spacial score (nSPS) is 10.8. The molecule has 2 aromatic heterocycles. The zero-order valence-electron chi connectivity index (χ0n) is 11.7. The highest BCUT2D eigenvalue weighted by Gasteiger charge is 2.13. The molecule has 0 fully saturated rings. The van der Waals surface area contributed by atoms with Crippen LogP contribution < -0.4 is 10.2 Å². The summed E-state index contributed by atoms with van der Waals surface area (Å²) in [6.07, 6.45) is 3.07. The zero-order chi connectivity index (χ0) is 16.4. The van der Waals surface area contributed by atoms with E-state index in [0.717, 1.165) is 16.6 Å². The van der Waals surface area contributed by atoms with Crippen molar-refractivity contribution in [2.45, 2.75) is 10.8 Å². The van der Waals surface area contributed by atoms with Gasteiger partial charge in [-0.2, -0.15) is 4.73 Å². The molecule has 0 bridgehead atoms. The third-order valence-corrected chi connectivity index (χ3v) is 4.76. The number of benzene rings is 1. The van der Waals surface area contributed by atoms with Crippen LogP contribution in [0.25, 0.3) is 11.0 Å². The molecule has 2 heterocycles. The van der Waals surface area contributed by atoms with Gasteiger partial charge in [0.05, 0.1) is 10.9 Å². The Morgan fingerprint density at radius 3 is 2.91 bits per heavy atom. The van der Waals surface area contributed by atoms with Crippen molar-refractivity contribution in [1.82, 2.24) is 0 Å². The van der Waals surface area contributed by atoms with Crippen molar-refractivity contribution in [3.8, 4) is 0 Å². The Hall–Kier alpha value is -2.12. The Kier molecular flexibility index (Phi) is 4.49. The molecule has 23 heavy (non-hydrogen) atoms. The van der Waals surface area contributed by atoms with E-state index < -0.39 is 0 Å². The number of aldehydes is 1. The second kappa shape index (κ2) is 6.55. The van der Waals surface area contributed by atoms with E-state index in [4.69, 9.17) is 4.42 Å². The maximum Gasteiger partial charge on any atom is 0.251 e. The number of pyridine rings is 1. The molecule has 0 unspecified atom stereocenters. The van der Waals surface area contributed by atoms with E-state index in [0.29, 0.717) is 32.5 Å². The largest absolute Gasteiger partial charge is 0.618 e. The lowest BCUT2D eigenvalue weighted by Crippen LogP contribution is -2.27. The Morgan fingerprint density at radius 2 is 2.17 bits per heavy atom. The number of halogens is 1. The lowest BCUT2D eigenvalue weighted by atomic mass is 10.1. The van der Waals surface area contributed by atoms with E-state index in [1.54, 1.807) is 24.3 Å². The van der Waals surface area contributed by atoms with E-state index >= 15 is 0 Å². The molecule has 3 rings (SSSR count). The molecule has 0 saturated heterocycles. The van der Waals surface area contributed by atoms with Gasteiger partial charge in [-0.05, 0) is 18.2 Å². The summed E-state index contributed by atoms with van der Waals surface area (Å²) < 4.78 is 6.96. The van der Waals surface area contributed by atoms with E-state index in [9.17, 15) is 14.8 Å². The van der Waals surface area contributed by atoms with Crippen LogP contribution in [-0.4, -0.2) is 6.29 Å². The molecule has 5 nitrogen and oxygen atoms in total. The van der Waals surface area contributed by atoms with Gasteiger partial charge in [-0.15, -0.1) is 0 Å². The summed E-state index contributed by atoms with van der Waals surface area (Å²) in [6.45, 7) is 0. The summed E-state index contributed by atoms with van der Waals surface area (Å²) in [5.74, 6) is 0.450. The van der Waals surface area contributed by atoms with Crippen molar-refractivity contribution in [3.63, 3.8) is 0 Å². The standard InChI is InChI=1S/C16H10BrNO4S/c17-12-5-10(9-23-14-3-1-2-4-18(14)21)16-13(6-12)15(20)11(7-19)8-22-16/h1-8H,9H2. The van der Waals surface area contributed by atoms with Gasteiger partial charge in [0.25, 0.3) is 5.03 Å². The molecule has 0 radical (unpaired) electrons. The highest BCUT2D eigenvalue weighted by Crippen LogP contribution is 2.28. The maximum absolute atomic E-state index is 12.2. The Balaban J connectivity index is 2.04. The average Bonchev–Trinajstić information content (AvgIpc) is 2.55. The Labute approximate surface area is 143 Å². The summed E-state index contributed by atoms with van der Waals surface area (Å²) >= 11 is 4.70. The Bertz CT molecular complexity index is 954. The molecule has 3 aromatic rings. The first kappa shape index (κ1) is 15.8. The lowest BCUT2D eigenvalue weighted by molar-refractivity contribution is -0.645. The van der Waals surface area contributed by atoms with Crippen molar-refractivity contribution in [2.75, 3.05) is 0 Å². The van der Waals surface area contributed by atoms with Gasteiger partial charge in [0.2, 0.25) is 5.43 Å². The quantitative estimate of drug-likeness (QED) is 0.295. The van der Waals surface area contributed by atoms with Crippen LogP contribution in [0.5, 0.6) is 0 Å².